The van der Waals surface area contributed by atoms with Crippen LogP contribution in [0.25, 0.3) is 11.1 Å². The van der Waals surface area contributed by atoms with Crippen LogP contribution in [-0.2, 0) is 9.53 Å². The van der Waals surface area contributed by atoms with E-state index < -0.39 is 23.7 Å². The van der Waals surface area contributed by atoms with Gasteiger partial charge in [0.1, 0.15) is 5.60 Å². The van der Waals surface area contributed by atoms with E-state index in [4.69, 9.17) is 4.74 Å². The molecule has 7 nitrogen and oxygen atoms in total. The Kier molecular flexibility index (Phi) is 5.69. The highest BCUT2D eigenvalue weighted by atomic mass is 16.6. The maximum Gasteiger partial charge on any atom is 0.408 e. The Morgan fingerprint density at radius 2 is 2.00 bits per heavy atom. The van der Waals surface area contributed by atoms with Crippen molar-refractivity contribution in [3.05, 3.63) is 41.2 Å². The summed E-state index contributed by atoms with van der Waals surface area (Å²) in [4.78, 5) is 23.4. The number of carbonyl (C=O) groups excluding carboxylic acids is 1. The topological polar surface area (TPSA) is 104 Å². The van der Waals surface area contributed by atoms with Crippen molar-refractivity contribution in [3.8, 4) is 11.1 Å². The van der Waals surface area contributed by atoms with Gasteiger partial charge in [-0.15, -0.1) is 0 Å². The molecule has 140 valence electrons. The van der Waals surface area contributed by atoms with Crippen LogP contribution in [0.3, 0.4) is 0 Å². The smallest absolute Gasteiger partial charge is 0.408 e. The molecule has 0 aliphatic rings. The second kappa shape index (κ2) is 7.59. The average molecular weight is 359 g/mol. The first-order valence-electron chi connectivity index (χ1n) is 8.40. The molecule has 0 aliphatic heterocycles. The van der Waals surface area contributed by atoms with Crippen molar-refractivity contribution in [2.24, 2.45) is 0 Å². The lowest BCUT2D eigenvalue weighted by molar-refractivity contribution is -0.137. The molecule has 0 saturated heterocycles. The number of carbonyl (C=O) groups is 2. The van der Waals surface area contributed by atoms with Gasteiger partial charge in [-0.05, 0) is 51.8 Å². The molecule has 1 aromatic heterocycles. The summed E-state index contributed by atoms with van der Waals surface area (Å²) in [5.41, 5.74) is 3.69. The summed E-state index contributed by atoms with van der Waals surface area (Å²) in [6, 6.07) is 6.73. The van der Waals surface area contributed by atoms with Gasteiger partial charge in [-0.25, -0.2) is 4.79 Å². The van der Waals surface area contributed by atoms with E-state index in [0.717, 1.165) is 22.5 Å². The van der Waals surface area contributed by atoms with E-state index >= 15 is 0 Å². The van der Waals surface area contributed by atoms with E-state index in [1.807, 2.05) is 32.0 Å². The maximum atomic E-state index is 12.1. The van der Waals surface area contributed by atoms with Gasteiger partial charge in [0.2, 0.25) is 0 Å². The molecule has 3 N–H and O–H groups in total. The number of hydrogen-bond donors (Lipinski definition) is 3. The third-order valence-corrected chi connectivity index (χ3v) is 3.78. The van der Waals surface area contributed by atoms with Crippen molar-refractivity contribution >= 4 is 12.1 Å². The molecule has 0 fully saturated rings. The normalized spacial score (nSPS) is 12.5. The van der Waals surface area contributed by atoms with E-state index in [1.165, 1.54) is 0 Å². The second-order valence-electron chi connectivity index (χ2n) is 7.23. The van der Waals surface area contributed by atoms with Crippen LogP contribution < -0.4 is 5.32 Å². The van der Waals surface area contributed by atoms with Crippen LogP contribution in [0.15, 0.2) is 24.3 Å². The number of carboxylic acid groups (broad SMARTS) is 1. The number of hydrogen-bond acceptors (Lipinski definition) is 4. The van der Waals surface area contributed by atoms with Crippen LogP contribution in [0.1, 0.15) is 50.2 Å². The number of aromatic amines is 1. The predicted molar refractivity (Wildman–Crippen MR) is 97.9 cm³/mol. The Balaban J connectivity index is 2.32. The monoisotopic (exact) mass is 359 g/mol. The Labute approximate surface area is 152 Å². The van der Waals surface area contributed by atoms with Gasteiger partial charge >= 0.3 is 12.1 Å². The summed E-state index contributed by atoms with van der Waals surface area (Å²) in [5.74, 6) is -1.01. The number of H-pyrrole nitrogens is 1. The van der Waals surface area contributed by atoms with Crippen molar-refractivity contribution in [1.82, 2.24) is 15.5 Å². The number of ether oxygens (including phenoxy) is 1. The number of aromatic nitrogens is 2. The minimum absolute atomic E-state index is 0.244. The van der Waals surface area contributed by atoms with Crippen molar-refractivity contribution in [1.29, 1.82) is 0 Å². The number of aryl methyl sites for hydroxylation is 2. The number of alkyl carbamates (subject to hydrolysis) is 1. The molecule has 0 bridgehead atoms. The van der Waals surface area contributed by atoms with Crippen LogP contribution in [0.4, 0.5) is 4.79 Å². The summed E-state index contributed by atoms with van der Waals surface area (Å²) < 4.78 is 5.25. The number of carboxylic acids is 1. The fraction of sp³-hybridized carbons (Fsp3) is 0.421. The molecule has 0 aliphatic carbocycles. The molecule has 26 heavy (non-hydrogen) atoms. The standard InChI is InChI=1S/C19H25N3O4/c1-11-17(12(2)22-21-11)14-8-6-7-13(9-14)15(10-16(23)24)20-18(25)26-19(3,4)5/h6-9,15H,10H2,1-5H3,(H,20,25)(H,21,22)(H,23,24). The molecule has 1 aromatic carbocycles. The van der Waals surface area contributed by atoms with Gasteiger partial charge in [0.15, 0.2) is 0 Å². The number of nitrogens with zero attached hydrogens (tertiary/aromatic N) is 1. The van der Waals surface area contributed by atoms with Crippen molar-refractivity contribution in [2.45, 2.75) is 52.7 Å². The first-order chi connectivity index (χ1) is 12.1. The summed E-state index contributed by atoms with van der Waals surface area (Å²) in [5, 5.41) is 19.0. The molecule has 1 unspecified atom stereocenters. The van der Waals surface area contributed by atoms with E-state index in [0.29, 0.717) is 5.56 Å². The zero-order valence-electron chi connectivity index (χ0n) is 15.7. The van der Waals surface area contributed by atoms with Gasteiger partial charge in [0.05, 0.1) is 18.2 Å². The third kappa shape index (κ3) is 5.08. The lowest BCUT2D eigenvalue weighted by Crippen LogP contribution is -2.35. The molecule has 2 rings (SSSR count). The number of rotatable bonds is 5. The Hall–Kier alpha value is -2.83. The zero-order chi connectivity index (χ0) is 19.5. The first kappa shape index (κ1) is 19.5. The average Bonchev–Trinajstić information content (AvgIpc) is 2.83. The van der Waals surface area contributed by atoms with Crippen molar-refractivity contribution < 1.29 is 19.4 Å². The van der Waals surface area contributed by atoms with Gasteiger partial charge in [-0.3, -0.25) is 9.89 Å². The van der Waals surface area contributed by atoms with Crippen LogP contribution >= 0.6 is 0 Å². The second-order valence-corrected chi connectivity index (χ2v) is 7.23. The molecule has 0 radical (unpaired) electrons. The van der Waals surface area contributed by atoms with E-state index in [2.05, 4.69) is 15.5 Å². The van der Waals surface area contributed by atoms with Gasteiger partial charge in [0, 0.05) is 11.3 Å². The van der Waals surface area contributed by atoms with E-state index in [1.54, 1.807) is 26.8 Å². The Bertz CT molecular complexity index is 786. The molecule has 0 saturated carbocycles. The van der Waals surface area contributed by atoms with Crippen LogP contribution in [0, 0.1) is 13.8 Å². The lowest BCUT2D eigenvalue weighted by Gasteiger charge is -2.23. The van der Waals surface area contributed by atoms with Crippen LogP contribution in [0.5, 0.6) is 0 Å². The summed E-state index contributed by atoms with van der Waals surface area (Å²) >= 11 is 0. The van der Waals surface area contributed by atoms with Crippen LogP contribution in [-0.4, -0.2) is 33.0 Å². The molecule has 0 spiro atoms. The SMILES string of the molecule is Cc1n[nH]c(C)c1-c1cccc(C(CC(=O)O)NC(=O)OC(C)(C)C)c1. The van der Waals surface area contributed by atoms with Crippen LogP contribution in [0.2, 0.25) is 0 Å². The number of amides is 1. The number of benzene rings is 1. The Morgan fingerprint density at radius 1 is 1.31 bits per heavy atom. The fourth-order valence-electron chi connectivity index (χ4n) is 2.76. The Morgan fingerprint density at radius 3 is 2.54 bits per heavy atom. The molecule has 1 atom stereocenters. The first-order valence-corrected chi connectivity index (χ1v) is 8.40. The third-order valence-electron chi connectivity index (χ3n) is 3.78. The van der Waals surface area contributed by atoms with E-state index in [-0.39, 0.29) is 6.42 Å². The lowest BCUT2D eigenvalue weighted by atomic mass is 9.97. The van der Waals surface area contributed by atoms with Crippen molar-refractivity contribution in [3.63, 3.8) is 0 Å². The summed E-state index contributed by atoms with van der Waals surface area (Å²) in [7, 11) is 0. The van der Waals surface area contributed by atoms with Gasteiger partial charge in [0.25, 0.3) is 0 Å². The highest BCUT2D eigenvalue weighted by molar-refractivity contribution is 5.73. The number of nitrogens with one attached hydrogen (secondary N) is 2. The predicted octanol–water partition coefficient (Wildman–Crippen LogP) is 3.73. The summed E-state index contributed by atoms with van der Waals surface area (Å²) in [6.07, 6.45) is -0.892. The quantitative estimate of drug-likeness (QED) is 0.754. The summed E-state index contributed by atoms with van der Waals surface area (Å²) in [6.45, 7) is 9.09. The minimum atomic E-state index is -1.01. The largest absolute Gasteiger partial charge is 0.481 e. The van der Waals surface area contributed by atoms with Gasteiger partial charge in [-0.2, -0.15) is 5.10 Å². The van der Waals surface area contributed by atoms with Crippen molar-refractivity contribution in [2.75, 3.05) is 0 Å². The highest BCUT2D eigenvalue weighted by Gasteiger charge is 2.23. The van der Waals surface area contributed by atoms with Gasteiger partial charge < -0.3 is 15.2 Å². The fourth-order valence-corrected chi connectivity index (χ4v) is 2.76. The zero-order valence-corrected chi connectivity index (χ0v) is 15.7. The minimum Gasteiger partial charge on any atom is -0.481 e. The molecule has 1 amide bonds. The van der Waals surface area contributed by atoms with Gasteiger partial charge in [-0.1, -0.05) is 18.2 Å². The molecular weight excluding hydrogens is 334 g/mol. The number of aliphatic carboxylic acids is 1. The molecule has 7 heteroatoms. The maximum absolute atomic E-state index is 12.1. The molecule has 2 aromatic rings. The molecule has 1 heterocycles. The van der Waals surface area contributed by atoms with E-state index in [9.17, 15) is 14.7 Å². The molecular formula is C19H25N3O4. The highest BCUT2D eigenvalue weighted by Crippen LogP contribution is 2.28.